The molecule has 0 bridgehead atoms. The summed E-state index contributed by atoms with van der Waals surface area (Å²) in [6.07, 6.45) is -2.77. The summed E-state index contributed by atoms with van der Waals surface area (Å²) in [6.45, 7) is 0. The maximum absolute atomic E-state index is 12.4. The zero-order chi connectivity index (χ0) is 10.7. The second kappa shape index (κ2) is 4.11. The molecule has 0 N–H and O–H groups in total. The number of alkyl halides is 2. The minimum Gasteiger partial charge on any atom is -0.296 e. The largest absolute Gasteiger partial charge is 0.296 e. The molecule has 0 fully saturated rings. The Morgan fingerprint density at radius 1 is 1.64 bits per heavy atom. The third-order valence-electron chi connectivity index (χ3n) is 1.51. The molecule has 0 spiro atoms. The zero-order valence-corrected chi connectivity index (χ0v) is 7.42. The predicted molar refractivity (Wildman–Crippen MR) is 44.3 cm³/mol. The highest BCUT2D eigenvalue weighted by Crippen LogP contribution is 2.26. The van der Waals surface area contributed by atoms with Crippen LogP contribution < -0.4 is 0 Å². The van der Waals surface area contributed by atoms with Gasteiger partial charge in [-0.25, -0.2) is 13.8 Å². The highest BCUT2D eigenvalue weighted by Gasteiger charge is 2.19. The molecule has 14 heavy (non-hydrogen) atoms. The molecule has 6 heteroatoms. The fraction of sp³-hybridized carbons (Fsp3) is 0.125. The van der Waals surface area contributed by atoms with E-state index in [4.69, 9.17) is 16.9 Å². The average Bonchev–Trinajstić information content (AvgIpc) is 2.15. The highest BCUT2D eigenvalue weighted by atomic mass is 35.5. The summed E-state index contributed by atoms with van der Waals surface area (Å²) in [7, 11) is 0. The summed E-state index contributed by atoms with van der Waals surface area (Å²) in [5.41, 5.74) is -1.50. The van der Waals surface area contributed by atoms with E-state index in [1.165, 1.54) is 6.07 Å². The lowest BCUT2D eigenvalue weighted by Crippen LogP contribution is -2.01. The molecule has 1 heterocycles. The van der Waals surface area contributed by atoms with Crippen LogP contribution in [0.2, 0.25) is 5.15 Å². The first-order chi connectivity index (χ1) is 6.60. The maximum Gasteiger partial charge on any atom is 0.267 e. The van der Waals surface area contributed by atoms with E-state index in [2.05, 4.69) is 4.98 Å². The first-order valence-electron chi connectivity index (χ1n) is 3.44. The van der Waals surface area contributed by atoms with Gasteiger partial charge in [-0.1, -0.05) is 11.6 Å². The number of pyridine rings is 1. The lowest BCUT2D eigenvalue weighted by molar-refractivity contribution is 0.110. The van der Waals surface area contributed by atoms with Crippen molar-refractivity contribution in [3.05, 3.63) is 28.0 Å². The Hall–Kier alpha value is -1.54. The second-order valence-corrected chi connectivity index (χ2v) is 2.71. The van der Waals surface area contributed by atoms with E-state index >= 15 is 0 Å². The Balaban J connectivity index is 3.50. The van der Waals surface area contributed by atoms with Crippen LogP contribution in [0.5, 0.6) is 0 Å². The number of aldehydes is 1. The van der Waals surface area contributed by atoms with Gasteiger partial charge in [0.15, 0.2) is 6.29 Å². The zero-order valence-electron chi connectivity index (χ0n) is 6.67. The predicted octanol–water partition coefficient (Wildman–Crippen LogP) is 2.36. The van der Waals surface area contributed by atoms with Gasteiger partial charge in [0.25, 0.3) is 6.43 Å². The lowest BCUT2D eigenvalue weighted by atomic mass is 10.1. The molecule has 3 nitrogen and oxygen atoms in total. The Morgan fingerprint density at radius 2 is 2.29 bits per heavy atom. The topological polar surface area (TPSA) is 53.8 Å². The molecule has 1 rings (SSSR count). The van der Waals surface area contributed by atoms with Gasteiger partial charge in [0.2, 0.25) is 0 Å². The van der Waals surface area contributed by atoms with E-state index in [0.717, 1.165) is 6.07 Å². The second-order valence-electron chi connectivity index (χ2n) is 2.32. The number of nitriles is 1. The maximum atomic E-state index is 12.4. The van der Waals surface area contributed by atoms with Gasteiger partial charge in [-0.15, -0.1) is 0 Å². The number of nitrogens with zero attached hydrogens (tertiary/aromatic N) is 2. The summed E-state index contributed by atoms with van der Waals surface area (Å²) in [5.74, 6) is 0. The van der Waals surface area contributed by atoms with Crippen LogP contribution >= 0.6 is 11.6 Å². The number of halogens is 3. The Labute approximate surface area is 82.9 Å². The third-order valence-corrected chi connectivity index (χ3v) is 1.70. The van der Waals surface area contributed by atoms with Gasteiger partial charge in [-0.2, -0.15) is 5.26 Å². The van der Waals surface area contributed by atoms with Crippen molar-refractivity contribution in [1.82, 2.24) is 4.98 Å². The average molecular weight is 217 g/mol. The Kier molecular flexibility index (Phi) is 3.10. The van der Waals surface area contributed by atoms with Gasteiger partial charge in [0.05, 0.1) is 17.2 Å². The number of aromatic nitrogens is 1. The fourth-order valence-corrected chi connectivity index (χ4v) is 1.15. The summed E-state index contributed by atoms with van der Waals surface area (Å²) in [4.78, 5) is 13.8. The first-order valence-corrected chi connectivity index (χ1v) is 3.81. The van der Waals surface area contributed by atoms with Crippen molar-refractivity contribution in [1.29, 1.82) is 5.26 Å². The molecule has 0 saturated carbocycles. The van der Waals surface area contributed by atoms with E-state index in [9.17, 15) is 13.6 Å². The van der Waals surface area contributed by atoms with Gasteiger partial charge in [-0.05, 0) is 6.07 Å². The van der Waals surface area contributed by atoms with Crippen LogP contribution in [-0.2, 0) is 0 Å². The summed E-state index contributed by atoms with van der Waals surface area (Å²) < 4.78 is 24.8. The van der Waals surface area contributed by atoms with Crippen molar-refractivity contribution in [3.8, 4) is 6.07 Å². The molecular formula is C8H3ClF2N2O. The van der Waals surface area contributed by atoms with E-state index in [-0.39, 0.29) is 17.0 Å². The summed E-state index contributed by atoms with van der Waals surface area (Å²) in [5, 5.41) is 8.37. The summed E-state index contributed by atoms with van der Waals surface area (Å²) in [6, 6.07) is 2.53. The van der Waals surface area contributed by atoms with Gasteiger partial charge in [0.1, 0.15) is 10.8 Å². The van der Waals surface area contributed by atoms with Crippen LogP contribution in [0.1, 0.15) is 28.0 Å². The van der Waals surface area contributed by atoms with Crippen LogP contribution in [0.25, 0.3) is 0 Å². The number of rotatable bonds is 2. The standard InChI is InChI=1S/C8H3ClF2N2O/c9-6-1-4(2-12)7(8(10)11)5(3-14)13-6/h1,3,8H. The van der Waals surface area contributed by atoms with Crippen molar-refractivity contribution < 1.29 is 13.6 Å². The number of hydrogen-bond acceptors (Lipinski definition) is 3. The molecule has 0 atom stereocenters. The van der Waals surface area contributed by atoms with Gasteiger partial charge >= 0.3 is 0 Å². The molecular weight excluding hydrogens is 214 g/mol. The first kappa shape index (κ1) is 10.5. The SMILES string of the molecule is N#Cc1cc(Cl)nc(C=O)c1C(F)F. The van der Waals surface area contributed by atoms with Crippen molar-refractivity contribution >= 4 is 17.9 Å². The van der Waals surface area contributed by atoms with E-state index in [0.29, 0.717) is 0 Å². The number of carbonyl (C=O) groups is 1. The third kappa shape index (κ3) is 1.86. The normalized spacial score (nSPS) is 9.93. The van der Waals surface area contributed by atoms with Crippen LogP contribution in [0.15, 0.2) is 6.07 Å². The van der Waals surface area contributed by atoms with Crippen LogP contribution in [0.4, 0.5) is 8.78 Å². The van der Waals surface area contributed by atoms with Gasteiger partial charge in [-0.3, -0.25) is 4.79 Å². The molecule has 72 valence electrons. The molecule has 1 aromatic rings. The minimum atomic E-state index is -2.92. The number of carbonyl (C=O) groups excluding carboxylic acids is 1. The molecule has 0 amide bonds. The molecule has 0 aliphatic heterocycles. The Bertz CT molecular complexity index is 415. The molecule has 0 aliphatic carbocycles. The molecule has 0 saturated heterocycles. The highest BCUT2D eigenvalue weighted by molar-refractivity contribution is 6.29. The monoisotopic (exact) mass is 216 g/mol. The van der Waals surface area contributed by atoms with Gasteiger partial charge < -0.3 is 0 Å². The van der Waals surface area contributed by atoms with E-state index in [1.54, 1.807) is 0 Å². The molecule has 0 aliphatic rings. The van der Waals surface area contributed by atoms with Crippen molar-refractivity contribution in [3.63, 3.8) is 0 Å². The van der Waals surface area contributed by atoms with Crippen molar-refractivity contribution in [2.45, 2.75) is 6.43 Å². The lowest BCUT2D eigenvalue weighted by Gasteiger charge is -2.04. The molecule has 0 unspecified atom stereocenters. The van der Waals surface area contributed by atoms with Crippen molar-refractivity contribution in [2.75, 3.05) is 0 Å². The van der Waals surface area contributed by atoms with E-state index < -0.39 is 17.7 Å². The van der Waals surface area contributed by atoms with Crippen molar-refractivity contribution in [2.24, 2.45) is 0 Å². The minimum absolute atomic E-state index is 0.147. The molecule has 0 radical (unpaired) electrons. The molecule has 1 aromatic heterocycles. The van der Waals surface area contributed by atoms with Crippen LogP contribution in [0, 0.1) is 11.3 Å². The molecule has 0 aromatic carbocycles. The Morgan fingerprint density at radius 3 is 2.71 bits per heavy atom. The van der Waals surface area contributed by atoms with Gasteiger partial charge in [0, 0.05) is 0 Å². The van der Waals surface area contributed by atoms with Crippen LogP contribution in [0.3, 0.4) is 0 Å². The quantitative estimate of drug-likeness (QED) is 0.563. The summed E-state index contributed by atoms with van der Waals surface area (Å²) >= 11 is 5.42. The van der Waals surface area contributed by atoms with E-state index in [1.807, 2.05) is 0 Å². The fourth-order valence-electron chi connectivity index (χ4n) is 0.954. The smallest absolute Gasteiger partial charge is 0.267 e. The number of hydrogen-bond donors (Lipinski definition) is 0. The van der Waals surface area contributed by atoms with Crippen LogP contribution in [-0.4, -0.2) is 11.3 Å².